The summed E-state index contributed by atoms with van der Waals surface area (Å²) >= 11 is 6.61. The lowest BCUT2D eigenvalue weighted by Gasteiger charge is -2.44. The molecule has 46 heavy (non-hydrogen) atoms. The minimum Gasteiger partial charge on any atom is -0.490 e. The molecule has 0 amide bonds. The van der Waals surface area contributed by atoms with Gasteiger partial charge >= 0.3 is 0 Å². The molecule has 6 nitrogen and oxygen atoms in total. The van der Waals surface area contributed by atoms with Crippen molar-refractivity contribution in [3.8, 4) is 17.2 Å². The molecule has 3 aromatic rings. The summed E-state index contributed by atoms with van der Waals surface area (Å²) in [5.74, 6) is 1.47. The van der Waals surface area contributed by atoms with Gasteiger partial charge in [-0.2, -0.15) is 0 Å². The van der Waals surface area contributed by atoms with Crippen LogP contribution < -0.4 is 19.5 Å². The normalized spacial score (nSPS) is 18.9. The van der Waals surface area contributed by atoms with Crippen molar-refractivity contribution in [1.82, 2.24) is 5.32 Å². The van der Waals surface area contributed by atoms with E-state index in [1.807, 2.05) is 67.6 Å². The van der Waals surface area contributed by atoms with Crippen LogP contribution in [-0.2, 0) is 22.8 Å². The van der Waals surface area contributed by atoms with E-state index in [1.54, 1.807) is 6.07 Å². The Kier molecular flexibility index (Phi) is 8.77. The smallest absolute Gasteiger partial charge is 0.162 e. The van der Waals surface area contributed by atoms with Gasteiger partial charge in [-0.3, -0.25) is 9.59 Å². The SMILES string of the molecule is CCOc1cc(COc2ccc(Cl)cc2C2C3=C(CC(C)(C)CC3=O)NC3=C2C(=O)CC(C)(C)C3)ccc1OCc1ccccc1. The molecule has 2 aliphatic carbocycles. The van der Waals surface area contributed by atoms with Crippen LogP contribution >= 0.6 is 11.6 Å². The summed E-state index contributed by atoms with van der Waals surface area (Å²) in [4.78, 5) is 27.7. The molecule has 0 atom stereocenters. The number of carbonyl (C=O) groups is 2. The third kappa shape index (κ3) is 6.73. The Balaban J connectivity index is 1.33. The molecule has 3 aromatic carbocycles. The molecule has 0 bridgehead atoms. The molecular weight excluding hydrogens is 598 g/mol. The van der Waals surface area contributed by atoms with E-state index in [-0.39, 0.29) is 29.0 Å². The van der Waals surface area contributed by atoms with Gasteiger partial charge in [0.1, 0.15) is 19.0 Å². The van der Waals surface area contributed by atoms with Crippen molar-refractivity contribution in [2.24, 2.45) is 10.8 Å². The highest BCUT2D eigenvalue weighted by atomic mass is 35.5. The zero-order chi connectivity index (χ0) is 32.6. The molecule has 0 saturated carbocycles. The lowest BCUT2D eigenvalue weighted by Crippen LogP contribution is -2.42. The molecule has 0 saturated heterocycles. The fourth-order valence-electron chi connectivity index (χ4n) is 7.00. The van der Waals surface area contributed by atoms with Gasteiger partial charge in [-0.25, -0.2) is 0 Å². The maximum Gasteiger partial charge on any atom is 0.162 e. The maximum absolute atomic E-state index is 13.9. The highest BCUT2D eigenvalue weighted by molar-refractivity contribution is 6.30. The third-order valence-electron chi connectivity index (χ3n) is 8.94. The van der Waals surface area contributed by atoms with Gasteiger partial charge in [0, 0.05) is 51.9 Å². The van der Waals surface area contributed by atoms with Crippen LogP contribution in [0.2, 0.25) is 5.02 Å². The first kappa shape index (κ1) is 31.9. The first-order chi connectivity index (χ1) is 21.9. The second-order valence-electron chi connectivity index (χ2n) is 14.2. The van der Waals surface area contributed by atoms with Crippen LogP contribution in [-0.4, -0.2) is 18.2 Å². The van der Waals surface area contributed by atoms with Gasteiger partial charge in [-0.05, 0) is 72.1 Å². The van der Waals surface area contributed by atoms with Crippen molar-refractivity contribution in [3.05, 3.63) is 111 Å². The van der Waals surface area contributed by atoms with Gasteiger partial charge in [-0.1, -0.05) is 75.7 Å². The van der Waals surface area contributed by atoms with E-state index in [4.69, 9.17) is 25.8 Å². The van der Waals surface area contributed by atoms with Crippen molar-refractivity contribution in [2.75, 3.05) is 6.61 Å². The molecule has 7 heteroatoms. The fraction of sp³-hybridized carbons (Fsp3) is 0.385. The molecule has 0 aromatic heterocycles. The highest BCUT2D eigenvalue weighted by Crippen LogP contribution is 2.52. The number of allylic oxidation sites excluding steroid dienone is 4. The van der Waals surface area contributed by atoms with E-state index in [0.717, 1.165) is 40.9 Å². The Morgan fingerprint density at radius 3 is 1.91 bits per heavy atom. The summed E-state index contributed by atoms with van der Waals surface area (Å²) in [6.45, 7) is 11.6. The average Bonchev–Trinajstić information content (AvgIpc) is 2.98. The van der Waals surface area contributed by atoms with Crippen LogP contribution in [0.5, 0.6) is 17.2 Å². The zero-order valence-corrected chi connectivity index (χ0v) is 28.1. The van der Waals surface area contributed by atoms with Gasteiger partial charge in [-0.15, -0.1) is 0 Å². The number of ether oxygens (including phenoxy) is 3. The lowest BCUT2D eigenvalue weighted by molar-refractivity contribution is -0.119. The summed E-state index contributed by atoms with van der Waals surface area (Å²) < 4.78 is 18.5. The minimum absolute atomic E-state index is 0.0614. The van der Waals surface area contributed by atoms with Gasteiger partial charge in [0.15, 0.2) is 23.1 Å². The Morgan fingerprint density at radius 2 is 1.28 bits per heavy atom. The number of Topliss-reactive ketones (excluding diaryl/α,β-unsaturated/α-hetero) is 2. The number of ketones is 2. The summed E-state index contributed by atoms with van der Waals surface area (Å²) in [6, 6.07) is 21.3. The molecule has 240 valence electrons. The van der Waals surface area contributed by atoms with Crippen LogP contribution in [0.1, 0.15) is 82.9 Å². The van der Waals surface area contributed by atoms with E-state index in [1.165, 1.54) is 0 Å². The first-order valence-electron chi connectivity index (χ1n) is 16.1. The van der Waals surface area contributed by atoms with Crippen molar-refractivity contribution < 1.29 is 23.8 Å². The average molecular weight is 640 g/mol. The maximum atomic E-state index is 13.9. The molecule has 0 radical (unpaired) electrons. The van der Waals surface area contributed by atoms with Crippen molar-refractivity contribution in [1.29, 1.82) is 0 Å². The van der Waals surface area contributed by atoms with Crippen molar-refractivity contribution in [2.45, 2.75) is 79.4 Å². The minimum atomic E-state index is -0.542. The largest absolute Gasteiger partial charge is 0.490 e. The highest BCUT2D eigenvalue weighted by Gasteiger charge is 2.47. The number of dihydropyridines is 1. The summed E-state index contributed by atoms with van der Waals surface area (Å²) in [5, 5.41) is 4.11. The zero-order valence-electron chi connectivity index (χ0n) is 27.3. The molecule has 0 spiro atoms. The molecule has 6 rings (SSSR count). The van der Waals surface area contributed by atoms with Crippen LogP contribution in [0.3, 0.4) is 0 Å². The predicted octanol–water partition coefficient (Wildman–Crippen LogP) is 8.87. The van der Waals surface area contributed by atoms with Gasteiger partial charge in [0.05, 0.1) is 6.61 Å². The predicted molar refractivity (Wildman–Crippen MR) is 180 cm³/mol. The Hall–Kier alpha value is -4.03. The van der Waals surface area contributed by atoms with Crippen LogP contribution in [0.25, 0.3) is 0 Å². The van der Waals surface area contributed by atoms with E-state index >= 15 is 0 Å². The summed E-state index contributed by atoms with van der Waals surface area (Å²) in [6.07, 6.45) is 2.29. The summed E-state index contributed by atoms with van der Waals surface area (Å²) in [5.41, 5.74) is 5.50. The molecule has 0 unspecified atom stereocenters. The fourth-order valence-corrected chi connectivity index (χ4v) is 7.18. The van der Waals surface area contributed by atoms with Gasteiger partial charge < -0.3 is 19.5 Å². The number of rotatable bonds is 9. The monoisotopic (exact) mass is 639 g/mol. The van der Waals surface area contributed by atoms with E-state index in [0.29, 0.717) is 59.5 Å². The number of nitrogens with one attached hydrogen (secondary N) is 1. The van der Waals surface area contributed by atoms with Crippen LogP contribution in [0, 0.1) is 10.8 Å². The molecule has 0 fully saturated rings. The standard InChI is InChI=1S/C39H42ClNO5/c1-6-44-34-16-25(12-14-33(34)46-22-24-10-8-7-9-11-24)23-45-32-15-13-26(40)17-27(32)35-36-28(18-38(2,3)20-30(36)42)41-29-19-39(4,5)21-31(43)37(29)35/h7-17,35,41H,6,18-23H2,1-5H3. The molecular formula is C39H42ClNO5. The number of benzene rings is 3. The second kappa shape index (κ2) is 12.6. The topological polar surface area (TPSA) is 73.9 Å². The van der Waals surface area contributed by atoms with Crippen LogP contribution in [0.4, 0.5) is 0 Å². The quantitative estimate of drug-likeness (QED) is 0.252. The van der Waals surface area contributed by atoms with Gasteiger partial charge in [0.25, 0.3) is 0 Å². The third-order valence-corrected chi connectivity index (χ3v) is 9.18. The summed E-state index contributed by atoms with van der Waals surface area (Å²) in [7, 11) is 0. The molecule has 3 aliphatic rings. The van der Waals surface area contributed by atoms with Crippen molar-refractivity contribution >= 4 is 23.2 Å². The molecule has 1 aliphatic heterocycles. The number of hydrogen-bond acceptors (Lipinski definition) is 6. The van der Waals surface area contributed by atoms with Gasteiger partial charge in [0.2, 0.25) is 0 Å². The molecule has 1 heterocycles. The van der Waals surface area contributed by atoms with Crippen LogP contribution in [0.15, 0.2) is 89.3 Å². The lowest BCUT2D eigenvalue weighted by atomic mass is 9.64. The molecule has 1 N–H and O–H groups in total. The van der Waals surface area contributed by atoms with Crippen molar-refractivity contribution in [3.63, 3.8) is 0 Å². The second-order valence-corrected chi connectivity index (χ2v) is 14.6. The number of hydrogen-bond donors (Lipinski definition) is 1. The van der Waals surface area contributed by atoms with E-state index in [2.05, 4.69) is 33.0 Å². The number of carbonyl (C=O) groups excluding carboxylic acids is 2. The Bertz CT molecular complexity index is 1680. The van der Waals surface area contributed by atoms with E-state index in [9.17, 15) is 9.59 Å². The Labute approximate surface area is 276 Å². The first-order valence-corrected chi connectivity index (χ1v) is 16.4. The Morgan fingerprint density at radius 1 is 0.696 bits per heavy atom. The number of halogens is 1. The van der Waals surface area contributed by atoms with E-state index < -0.39 is 5.92 Å².